The fraction of sp³-hybridized carbons (Fsp3) is 0.0385. The lowest BCUT2D eigenvalue weighted by Gasteiger charge is -2.05. The zero-order valence-corrected chi connectivity index (χ0v) is 18.8. The lowest BCUT2D eigenvalue weighted by molar-refractivity contribution is -0.111. The van der Waals surface area contributed by atoms with E-state index in [0.717, 1.165) is 11.3 Å². The van der Waals surface area contributed by atoms with Crippen LogP contribution in [0.4, 0.5) is 10.1 Å². The highest BCUT2D eigenvalue weighted by Gasteiger charge is 2.17. The molecule has 1 heterocycles. The number of halogens is 1. The van der Waals surface area contributed by atoms with Crippen molar-refractivity contribution in [2.45, 2.75) is 0 Å². The summed E-state index contributed by atoms with van der Waals surface area (Å²) in [5.41, 5.74) is 0.907. The van der Waals surface area contributed by atoms with E-state index >= 15 is 0 Å². The van der Waals surface area contributed by atoms with Gasteiger partial charge in [0.05, 0.1) is 17.3 Å². The summed E-state index contributed by atoms with van der Waals surface area (Å²) < 4.78 is 20.4. The predicted molar refractivity (Wildman–Crippen MR) is 130 cm³/mol. The van der Waals surface area contributed by atoms with Gasteiger partial charge in [-0.25, -0.2) is 4.39 Å². The molecule has 168 valence electrons. The molecule has 1 N–H and O–H groups in total. The second-order valence-electron chi connectivity index (χ2n) is 7.08. The SMILES string of the molecule is COc1ccccc1/C=c1/s/c(=C(/C#N)C(=O)Nc2ccc(F)cc2)n(-c2ccccc2)c1=O. The minimum absolute atomic E-state index is 0.180. The first-order chi connectivity index (χ1) is 16.5. The standard InChI is InChI=1S/C26H18FN3O3S/c1-33-22-10-6-5-7-17(22)15-23-25(32)30(20-8-3-2-4-9-20)26(34-23)21(16-28)24(31)29-19-13-11-18(27)12-14-19/h2-15H,1H3,(H,29,31)/b23-15+,26-21-. The number of nitrogens with zero attached hydrogens (tertiary/aromatic N) is 2. The van der Waals surface area contributed by atoms with Crippen LogP contribution in [0.3, 0.4) is 0 Å². The van der Waals surface area contributed by atoms with E-state index in [1.165, 1.54) is 35.9 Å². The Labute approximate surface area is 198 Å². The van der Waals surface area contributed by atoms with Gasteiger partial charge in [-0.3, -0.25) is 14.2 Å². The number of anilines is 1. The van der Waals surface area contributed by atoms with Crippen LogP contribution in [0.2, 0.25) is 0 Å². The average molecular weight is 472 g/mol. The van der Waals surface area contributed by atoms with Gasteiger partial charge in [-0.2, -0.15) is 5.26 Å². The number of benzene rings is 3. The van der Waals surface area contributed by atoms with Crippen LogP contribution < -0.4 is 24.8 Å². The van der Waals surface area contributed by atoms with Crippen LogP contribution in [0.5, 0.6) is 5.75 Å². The van der Waals surface area contributed by atoms with Crippen molar-refractivity contribution >= 4 is 34.6 Å². The average Bonchev–Trinajstić information content (AvgIpc) is 3.17. The largest absolute Gasteiger partial charge is 0.496 e. The van der Waals surface area contributed by atoms with Gasteiger partial charge in [-0.05, 0) is 48.5 Å². The van der Waals surface area contributed by atoms with E-state index in [0.29, 0.717) is 27.2 Å². The Bertz CT molecular complexity index is 1570. The van der Waals surface area contributed by atoms with Crippen molar-refractivity contribution < 1.29 is 13.9 Å². The number of thiazole rings is 1. The van der Waals surface area contributed by atoms with Crippen molar-refractivity contribution in [2.75, 3.05) is 12.4 Å². The number of amides is 1. The van der Waals surface area contributed by atoms with E-state index in [2.05, 4.69) is 5.32 Å². The van der Waals surface area contributed by atoms with Crippen molar-refractivity contribution in [3.8, 4) is 17.5 Å². The van der Waals surface area contributed by atoms with Gasteiger partial charge in [-0.15, -0.1) is 11.3 Å². The number of hydrogen-bond acceptors (Lipinski definition) is 5. The minimum atomic E-state index is -0.705. The molecular formula is C26H18FN3O3S. The van der Waals surface area contributed by atoms with Gasteiger partial charge in [0.2, 0.25) is 0 Å². The number of hydrogen-bond donors (Lipinski definition) is 1. The Balaban J connectivity index is 1.96. The zero-order valence-electron chi connectivity index (χ0n) is 18.0. The van der Waals surface area contributed by atoms with Crippen LogP contribution in [-0.4, -0.2) is 17.6 Å². The Morgan fingerprint density at radius 3 is 2.41 bits per heavy atom. The monoisotopic (exact) mass is 471 g/mol. The van der Waals surface area contributed by atoms with Crippen molar-refractivity contribution in [1.29, 1.82) is 5.26 Å². The molecule has 6 nitrogen and oxygen atoms in total. The number of methoxy groups -OCH3 is 1. The van der Waals surface area contributed by atoms with Crippen molar-refractivity contribution in [1.82, 2.24) is 4.57 Å². The fourth-order valence-corrected chi connectivity index (χ4v) is 4.40. The third kappa shape index (κ3) is 4.65. The van der Waals surface area contributed by atoms with Crippen LogP contribution in [0.1, 0.15) is 5.56 Å². The minimum Gasteiger partial charge on any atom is -0.496 e. The molecule has 0 aliphatic carbocycles. The van der Waals surface area contributed by atoms with E-state index in [4.69, 9.17) is 4.74 Å². The van der Waals surface area contributed by atoms with Gasteiger partial charge >= 0.3 is 0 Å². The van der Waals surface area contributed by atoms with Crippen LogP contribution in [0.25, 0.3) is 17.3 Å². The molecule has 0 radical (unpaired) electrons. The smallest absolute Gasteiger partial charge is 0.273 e. The number of aromatic nitrogens is 1. The molecule has 1 aromatic heterocycles. The lowest BCUT2D eigenvalue weighted by atomic mass is 10.2. The first-order valence-electron chi connectivity index (χ1n) is 10.1. The summed E-state index contributed by atoms with van der Waals surface area (Å²) in [5.74, 6) is -0.569. The number of nitriles is 1. The molecule has 0 saturated carbocycles. The Morgan fingerprint density at radius 2 is 1.74 bits per heavy atom. The molecule has 0 fully saturated rings. The van der Waals surface area contributed by atoms with Crippen LogP contribution >= 0.6 is 11.3 Å². The first-order valence-corrected chi connectivity index (χ1v) is 11.0. The number of rotatable bonds is 5. The van der Waals surface area contributed by atoms with Crippen LogP contribution in [-0.2, 0) is 4.79 Å². The molecule has 3 aromatic carbocycles. The number of nitrogens with one attached hydrogen (secondary N) is 1. The second kappa shape index (κ2) is 9.98. The van der Waals surface area contributed by atoms with Gasteiger partial charge in [0.1, 0.15) is 22.3 Å². The maximum absolute atomic E-state index is 13.4. The highest BCUT2D eigenvalue weighted by Crippen LogP contribution is 2.17. The van der Waals surface area contributed by atoms with Gasteiger partial charge in [0, 0.05) is 11.3 Å². The highest BCUT2D eigenvalue weighted by atomic mass is 32.1. The molecule has 34 heavy (non-hydrogen) atoms. The Kier molecular flexibility index (Phi) is 6.67. The summed E-state index contributed by atoms with van der Waals surface area (Å²) >= 11 is 1.03. The lowest BCUT2D eigenvalue weighted by Crippen LogP contribution is -2.32. The first kappa shape index (κ1) is 22.7. The summed E-state index contributed by atoms with van der Waals surface area (Å²) in [6, 6.07) is 23.1. The molecule has 0 aliphatic heterocycles. The summed E-state index contributed by atoms with van der Waals surface area (Å²) in [4.78, 5) is 26.4. The van der Waals surface area contributed by atoms with Gasteiger partial charge < -0.3 is 10.1 Å². The summed E-state index contributed by atoms with van der Waals surface area (Å²) in [6.07, 6.45) is 1.67. The molecule has 8 heteroatoms. The molecule has 0 aliphatic rings. The van der Waals surface area contributed by atoms with Crippen molar-refractivity contribution in [2.24, 2.45) is 0 Å². The maximum atomic E-state index is 13.4. The quantitative estimate of drug-likeness (QED) is 0.485. The van der Waals surface area contributed by atoms with Gasteiger partial charge in [-0.1, -0.05) is 36.4 Å². The maximum Gasteiger partial charge on any atom is 0.273 e. The van der Waals surface area contributed by atoms with Gasteiger partial charge in [0.25, 0.3) is 11.5 Å². The second-order valence-corrected chi connectivity index (χ2v) is 8.11. The van der Waals surface area contributed by atoms with E-state index in [1.807, 2.05) is 18.2 Å². The molecule has 4 rings (SSSR count). The molecule has 0 spiro atoms. The summed E-state index contributed by atoms with van der Waals surface area (Å²) in [7, 11) is 1.54. The van der Waals surface area contributed by atoms with E-state index < -0.39 is 11.7 Å². The van der Waals surface area contributed by atoms with Crippen molar-refractivity contribution in [3.63, 3.8) is 0 Å². The third-order valence-corrected chi connectivity index (χ3v) is 6.01. The van der Waals surface area contributed by atoms with Crippen LogP contribution in [0.15, 0.2) is 83.7 Å². The van der Waals surface area contributed by atoms with Crippen LogP contribution in [0, 0.1) is 17.1 Å². The van der Waals surface area contributed by atoms with E-state index in [1.54, 1.807) is 48.5 Å². The summed E-state index contributed by atoms with van der Waals surface area (Å²) in [5, 5.41) is 12.5. The van der Waals surface area contributed by atoms with E-state index in [9.17, 15) is 19.2 Å². The predicted octanol–water partition coefficient (Wildman–Crippen LogP) is 3.19. The van der Waals surface area contributed by atoms with Gasteiger partial charge in [0.15, 0.2) is 5.57 Å². The number of carbonyl (C=O) groups is 1. The molecular weight excluding hydrogens is 453 g/mol. The molecule has 1 amide bonds. The Morgan fingerprint density at radius 1 is 1.06 bits per heavy atom. The number of para-hydroxylation sites is 2. The fourth-order valence-electron chi connectivity index (χ4n) is 3.31. The molecule has 0 atom stereocenters. The van der Waals surface area contributed by atoms with E-state index in [-0.39, 0.29) is 15.8 Å². The zero-order chi connectivity index (χ0) is 24.1. The number of carbonyl (C=O) groups excluding carboxylic acids is 1. The topological polar surface area (TPSA) is 84.1 Å². The van der Waals surface area contributed by atoms with Crippen molar-refractivity contribution in [3.05, 3.63) is 110 Å². The third-order valence-electron chi connectivity index (χ3n) is 4.92. The molecule has 4 aromatic rings. The highest BCUT2D eigenvalue weighted by molar-refractivity contribution is 7.07. The molecule has 0 bridgehead atoms. The normalized spacial score (nSPS) is 12.1. The molecule has 0 unspecified atom stereocenters. The Hall–Kier alpha value is -4.48. The number of ether oxygens (including phenoxy) is 1. The molecule has 0 saturated heterocycles. The summed E-state index contributed by atoms with van der Waals surface area (Å²) in [6.45, 7) is 0.